The van der Waals surface area contributed by atoms with Gasteiger partial charge in [-0.05, 0) is 19.3 Å². The van der Waals surface area contributed by atoms with Crippen LogP contribution in [-0.4, -0.2) is 23.1 Å². The molecule has 1 aromatic rings. The summed E-state index contributed by atoms with van der Waals surface area (Å²) in [5.41, 5.74) is 0. The number of hydrogen-bond acceptors (Lipinski definition) is 3. The Hall–Kier alpha value is -0.830. The Kier molecular flexibility index (Phi) is 3.10. The zero-order valence-electron chi connectivity index (χ0n) is 9.20. The first kappa shape index (κ1) is 10.7. The van der Waals surface area contributed by atoms with Crippen molar-refractivity contribution in [3.05, 3.63) is 17.0 Å². The van der Waals surface area contributed by atoms with Gasteiger partial charge in [0, 0.05) is 25.6 Å². The van der Waals surface area contributed by atoms with Crippen LogP contribution >= 0.6 is 11.6 Å². The van der Waals surface area contributed by atoms with Gasteiger partial charge in [-0.3, -0.25) is 0 Å². The van der Waals surface area contributed by atoms with Crippen LogP contribution in [0.25, 0.3) is 0 Å². The molecule has 4 heteroatoms. The summed E-state index contributed by atoms with van der Waals surface area (Å²) in [7, 11) is 2.09. The van der Waals surface area contributed by atoms with Gasteiger partial charge in [0.2, 0.25) is 0 Å². The highest BCUT2D eigenvalue weighted by molar-refractivity contribution is 6.29. The summed E-state index contributed by atoms with van der Waals surface area (Å²) in [6, 6.07) is 2.49. The lowest BCUT2D eigenvalue weighted by Gasteiger charge is -2.35. The van der Waals surface area contributed by atoms with E-state index < -0.39 is 0 Å². The summed E-state index contributed by atoms with van der Waals surface area (Å²) in [6.45, 7) is 2.04. The van der Waals surface area contributed by atoms with Crippen LogP contribution in [0.3, 0.4) is 0 Å². The second-order valence-corrected chi connectivity index (χ2v) is 4.40. The summed E-state index contributed by atoms with van der Waals surface area (Å²) in [5.74, 6) is 1.78. The number of aryl methyl sites for hydroxylation is 1. The molecular formula is C11H16ClN3. The zero-order chi connectivity index (χ0) is 10.8. The van der Waals surface area contributed by atoms with Crippen molar-refractivity contribution in [3.8, 4) is 0 Å². The van der Waals surface area contributed by atoms with Gasteiger partial charge in [-0.2, -0.15) is 0 Å². The first-order chi connectivity index (χ1) is 7.20. The molecule has 0 aromatic carbocycles. The lowest BCUT2D eigenvalue weighted by molar-refractivity contribution is 0.399. The second-order valence-electron chi connectivity index (χ2n) is 4.01. The summed E-state index contributed by atoms with van der Waals surface area (Å²) in [5, 5.41) is 0.544. The quantitative estimate of drug-likeness (QED) is 0.741. The lowest BCUT2D eigenvalue weighted by Crippen LogP contribution is -2.37. The zero-order valence-corrected chi connectivity index (χ0v) is 9.96. The van der Waals surface area contributed by atoms with Crippen molar-refractivity contribution in [2.45, 2.75) is 38.6 Å². The first-order valence-electron chi connectivity index (χ1n) is 5.47. The SMILES string of the molecule is CCc1nc(Cl)cc(N(C)C2CCC2)n1. The maximum atomic E-state index is 5.96. The minimum absolute atomic E-state index is 0.544. The molecule has 1 aromatic heterocycles. The van der Waals surface area contributed by atoms with Gasteiger partial charge in [-0.25, -0.2) is 9.97 Å². The van der Waals surface area contributed by atoms with Crippen LogP contribution < -0.4 is 4.90 Å². The molecule has 0 saturated heterocycles. The molecule has 0 unspecified atom stereocenters. The Morgan fingerprint density at radius 3 is 2.73 bits per heavy atom. The predicted octanol–water partition coefficient (Wildman–Crippen LogP) is 2.68. The Labute approximate surface area is 95.5 Å². The van der Waals surface area contributed by atoms with Crippen molar-refractivity contribution in [1.82, 2.24) is 9.97 Å². The van der Waals surface area contributed by atoms with Crippen molar-refractivity contribution in [2.24, 2.45) is 0 Å². The molecule has 0 atom stereocenters. The summed E-state index contributed by atoms with van der Waals surface area (Å²) in [4.78, 5) is 10.9. The van der Waals surface area contributed by atoms with Crippen molar-refractivity contribution in [1.29, 1.82) is 0 Å². The fourth-order valence-electron chi connectivity index (χ4n) is 1.75. The number of anilines is 1. The average Bonchev–Trinajstić information content (AvgIpc) is 2.14. The number of rotatable bonds is 3. The molecule has 0 amide bonds. The summed E-state index contributed by atoms with van der Waals surface area (Å²) >= 11 is 5.96. The van der Waals surface area contributed by atoms with Gasteiger partial charge >= 0.3 is 0 Å². The topological polar surface area (TPSA) is 29.0 Å². The minimum atomic E-state index is 0.544. The molecule has 15 heavy (non-hydrogen) atoms. The smallest absolute Gasteiger partial charge is 0.134 e. The van der Waals surface area contributed by atoms with Crippen LogP contribution in [0.1, 0.15) is 32.0 Å². The van der Waals surface area contributed by atoms with Gasteiger partial charge in [0.05, 0.1) is 0 Å². The molecule has 0 aliphatic heterocycles. The number of halogens is 1. The maximum absolute atomic E-state index is 5.96. The minimum Gasteiger partial charge on any atom is -0.357 e. The van der Waals surface area contributed by atoms with Crippen LogP contribution in [-0.2, 0) is 6.42 Å². The Morgan fingerprint density at radius 1 is 1.47 bits per heavy atom. The molecule has 1 aliphatic rings. The monoisotopic (exact) mass is 225 g/mol. The van der Waals surface area contributed by atoms with Crippen LogP contribution in [0.5, 0.6) is 0 Å². The normalized spacial score (nSPS) is 16.2. The number of hydrogen-bond donors (Lipinski definition) is 0. The van der Waals surface area contributed by atoms with E-state index in [1.165, 1.54) is 19.3 Å². The molecule has 0 radical (unpaired) electrons. The fourth-order valence-corrected chi connectivity index (χ4v) is 1.95. The van der Waals surface area contributed by atoms with Crippen molar-refractivity contribution in [3.63, 3.8) is 0 Å². The van der Waals surface area contributed by atoms with E-state index >= 15 is 0 Å². The van der Waals surface area contributed by atoms with E-state index in [9.17, 15) is 0 Å². The molecule has 0 spiro atoms. The molecule has 82 valence electrons. The van der Waals surface area contributed by atoms with Gasteiger partial charge in [-0.15, -0.1) is 0 Å². The standard InChI is InChI=1S/C11H16ClN3/c1-3-10-13-9(12)7-11(14-10)15(2)8-5-4-6-8/h7-8H,3-6H2,1-2H3. The van der Waals surface area contributed by atoms with Gasteiger partial charge in [0.1, 0.15) is 16.8 Å². The van der Waals surface area contributed by atoms with Gasteiger partial charge < -0.3 is 4.90 Å². The van der Waals surface area contributed by atoms with Crippen LogP contribution in [0.4, 0.5) is 5.82 Å². The average molecular weight is 226 g/mol. The van der Waals surface area contributed by atoms with E-state index in [0.717, 1.165) is 18.1 Å². The molecule has 1 saturated carbocycles. The highest BCUT2D eigenvalue weighted by Gasteiger charge is 2.23. The van der Waals surface area contributed by atoms with E-state index in [1.807, 2.05) is 13.0 Å². The molecule has 3 nitrogen and oxygen atoms in total. The van der Waals surface area contributed by atoms with Crippen molar-refractivity contribution in [2.75, 3.05) is 11.9 Å². The highest BCUT2D eigenvalue weighted by Crippen LogP contribution is 2.27. The predicted molar refractivity (Wildman–Crippen MR) is 62.5 cm³/mol. The van der Waals surface area contributed by atoms with E-state index in [1.54, 1.807) is 0 Å². The first-order valence-corrected chi connectivity index (χ1v) is 5.84. The Bertz CT molecular complexity index is 350. The van der Waals surface area contributed by atoms with Gasteiger partial charge in [0.25, 0.3) is 0 Å². The molecule has 1 heterocycles. The van der Waals surface area contributed by atoms with Crippen LogP contribution in [0.15, 0.2) is 6.07 Å². The van der Waals surface area contributed by atoms with Crippen LogP contribution in [0, 0.1) is 0 Å². The van der Waals surface area contributed by atoms with Crippen molar-refractivity contribution < 1.29 is 0 Å². The molecule has 1 fully saturated rings. The number of aromatic nitrogens is 2. The van der Waals surface area contributed by atoms with E-state index in [2.05, 4.69) is 21.9 Å². The van der Waals surface area contributed by atoms with E-state index in [4.69, 9.17) is 11.6 Å². The third-order valence-electron chi connectivity index (χ3n) is 3.03. The highest BCUT2D eigenvalue weighted by atomic mass is 35.5. The van der Waals surface area contributed by atoms with E-state index in [-0.39, 0.29) is 0 Å². The second kappa shape index (κ2) is 4.35. The Balaban J connectivity index is 2.22. The Morgan fingerprint density at radius 2 is 2.20 bits per heavy atom. The maximum Gasteiger partial charge on any atom is 0.134 e. The summed E-state index contributed by atoms with van der Waals surface area (Å²) in [6.07, 6.45) is 4.68. The molecule has 2 rings (SSSR count). The lowest BCUT2D eigenvalue weighted by atomic mass is 9.92. The molecule has 1 aliphatic carbocycles. The molecular weight excluding hydrogens is 210 g/mol. The third kappa shape index (κ3) is 2.23. The largest absolute Gasteiger partial charge is 0.357 e. The van der Waals surface area contributed by atoms with Crippen molar-refractivity contribution >= 4 is 17.4 Å². The third-order valence-corrected chi connectivity index (χ3v) is 3.22. The van der Waals surface area contributed by atoms with Crippen LogP contribution in [0.2, 0.25) is 5.15 Å². The fraction of sp³-hybridized carbons (Fsp3) is 0.636. The van der Waals surface area contributed by atoms with E-state index in [0.29, 0.717) is 11.2 Å². The van der Waals surface area contributed by atoms with Gasteiger partial charge in [-0.1, -0.05) is 18.5 Å². The van der Waals surface area contributed by atoms with Gasteiger partial charge in [0.15, 0.2) is 0 Å². The summed E-state index contributed by atoms with van der Waals surface area (Å²) < 4.78 is 0. The number of nitrogens with zero attached hydrogens (tertiary/aromatic N) is 3. The molecule has 0 bridgehead atoms. The molecule has 0 N–H and O–H groups in total.